The zero-order valence-electron chi connectivity index (χ0n) is 12.0. The van der Waals surface area contributed by atoms with E-state index < -0.39 is 0 Å². The van der Waals surface area contributed by atoms with Gasteiger partial charge >= 0.3 is 6.03 Å². The number of anilines is 1. The van der Waals surface area contributed by atoms with Gasteiger partial charge in [-0.2, -0.15) is 0 Å². The van der Waals surface area contributed by atoms with Crippen molar-refractivity contribution < 1.29 is 9.53 Å². The van der Waals surface area contributed by atoms with Crippen molar-refractivity contribution in [2.24, 2.45) is 0 Å². The molecule has 4 heterocycles. The number of benzene rings is 1. The molecule has 0 saturated carbocycles. The summed E-state index contributed by atoms with van der Waals surface area (Å²) in [7, 11) is 0. The molecule has 2 saturated heterocycles. The topological polar surface area (TPSA) is 66.5 Å². The van der Waals surface area contributed by atoms with Crippen molar-refractivity contribution in [2.75, 3.05) is 24.6 Å². The summed E-state index contributed by atoms with van der Waals surface area (Å²) in [5, 5.41) is 7.26. The molecule has 22 heavy (non-hydrogen) atoms. The third-order valence-electron chi connectivity index (χ3n) is 4.74. The highest BCUT2D eigenvalue weighted by Gasteiger charge is 2.42. The van der Waals surface area contributed by atoms with Crippen LogP contribution in [0.5, 0.6) is 5.75 Å². The van der Waals surface area contributed by atoms with Gasteiger partial charge < -0.3 is 15.4 Å². The smallest absolute Gasteiger partial charge is 0.324 e. The molecular weight excluding hydrogens is 300 g/mol. The monoisotopic (exact) mass is 316 g/mol. The molecule has 1 aromatic heterocycles. The molecule has 0 bridgehead atoms. The number of thiazole rings is 1. The van der Waals surface area contributed by atoms with Gasteiger partial charge in [-0.3, -0.25) is 4.90 Å². The van der Waals surface area contributed by atoms with Gasteiger partial charge in [-0.1, -0.05) is 11.3 Å². The van der Waals surface area contributed by atoms with Crippen LogP contribution < -0.4 is 20.3 Å². The number of fused-ring (bicyclic) bond motifs is 4. The number of aromatic nitrogens is 1. The van der Waals surface area contributed by atoms with Crippen molar-refractivity contribution in [3.8, 4) is 5.75 Å². The molecule has 6 nitrogen and oxygen atoms in total. The molecule has 7 heteroatoms. The van der Waals surface area contributed by atoms with Gasteiger partial charge in [0, 0.05) is 18.5 Å². The average Bonchev–Trinajstić information content (AvgIpc) is 3.20. The summed E-state index contributed by atoms with van der Waals surface area (Å²) in [6, 6.07) is 4.43. The second-order valence-electron chi connectivity index (χ2n) is 5.97. The van der Waals surface area contributed by atoms with Crippen LogP contribution >= 0.6 is 11.3 Å². The van der Waals surface area contributed by atoms with E-state index in [9.17, 15) is 4.79 Å². The fraction of sp³-hybridized carbons (Fsp3) is 0.467. The van der Waals surface area contributed by atoms with E-state index in [2.05, 4.69) is 10.6 Å². The maximum absolute atomic E-state index is 12.4. The first-order valence-electron chi connectivity index (χ1n) is 7.67. The van der Waals surface area contributed by atoms with Gasteiger partial charge in [0.15, 0.2) is 5.13 Å². The summed E-state index contributed by atoms with van der Waals surface area (Å²) < 4.78 is 6.73. The molecule has 1 aromatic carbocycles. The van der Waals surface area contributed by atoms with Crippen LogP contribution in [0.3, 0.4) is 0 Å². The predicted octanol–water partition coefficient (Wildman–Crippen LogP) is 1.49. The predicted molar refractivity (Wildman–Crippen MR) is 84.9 cm³/mol. The van der Waals surface area contributed by atoms with Crippen molar-refractivity contribution >= 4 is 32.7 Å². The summed E-state index contributed by atoms with van der Waals surface area (Å²) >= 11 is 1.59. The first kappa shape index (κ1) is 12.7. The van der Waals surface area contributed by atoms with E-state index in [-0.39, 0.29) is 18.1 Å². The average molecular weight is 316 g/mol. The van der Waals surface area contributed by atoms with E-state index in [0.717, 1.165) is 53.6 Å². The number of hydrogen-bond donors (Lipinski definition) is 2. The quantitative estimate of drug-likeness (QED) is 0.836. The molecule has 0 radical (unpaired) electrons. The number of piperidine rings is 1. The summed E-state index contributed by atoms with van der Waals surface area (Å²) in [6.45, 7) is 2.50. The third-order valence-corrected chi connectivity index (χ3v) is 5.76. The van der Waals surface area contributed by atoms with Crippen molar-refractivity contribution in [3.63, 3.8) is 0 Å². The highest BCUT2D eigenvalue weighted by molar-refractivity contribution is 7.22. The molecule has 114 valence electrons. The van der Waals surface area contributed by atoms with E-state index in [4.69, 9.17) is 9.72 Å². The number of ether oxygens (including phenoxy) is 1. The van der Waals surface area contributed by atoms with E-state index in [1.54, 1.807) is 11.3 Å². The standard InChI is InChI=1S/C15H16N4O2S/c20-14-17-9-3-5-16-7-10(9)19(14)15-18-13-8-4-6-21-11(8)1-2-12(13)22-15/h1-2,9-10,16H,3-7H2,(H,17,20)/t9-,10-/m0/s1. The van der Waals surface area contributed by atoms with Crippen molar-refractivity contribution in [1.29, 1.82) is 0 Å². The van der Waals surface area contributed by atoms with Crippen LogP contribution in [0.4, 0.5) is 9.93 Å². The Kier molecular flexibility index (Phi) is 2.63. The first-order valence-corrected chi connectivity index (χ1v) is 8.48. The summed E-state index contributed by atoms with van der Waals surface area (Å²) in [4.78, 5) is 19.0. The number of carbonyl (C=O) groups is 1. The first-order chi connectivity index (χ1) is 10.8. The number of rotatable bonds is 1. The Hall–Kier alpha value is -1.86. The van der Waals surface area contributed by atoms with Gasteiger partial charge in [-0.15, -0.1) is 0 Å². The normalized spacial score (nSPS) is 26.7. The minimum Gasteiger partial charge on any atom is -0.493 e. The number of hydrogen-bond acceptors (Lipinski definition) is 5. The van der Waals surface area contributed by atoms with Crippen LogP contribution in [-0.4, -0.2) is 42.8 Å². The van der Waals surface area contributed by atoms with Crippen LogP contribution in [0.2, 0.25) is 0 Å². The lowest BCUT2D eigenvalue weighted by Crippen LogP contribution is -2.49. The Morgan fingerprint density at radius 1 is 1.41 bits per heavy atom. The highest BCUT2D eigenvalue weighted by atomic mass is 32.1. The molecule has 2 amide bonds. The highest BCUT2D eigenvalue weighted by Crippen LogP contribution is 2.39. The minimum atomic E-state index is -0.0225. The van der Waals surface area contributed by atoms with Gasteiger partial charge in [0.25, 0.3) is 0 Å². The van der Waals surface area contributed by atoms with E-state index in [1.165, 1.54) is 5.56 Å². The fourth-order valence-electron chi connectivity index (χ4n) is 3.65. The van der Waals surface area contributed by atoms with Gasteiger partial charge in [0.2, 0.25) is 0 Å². The molecule has 0 spiro atoms. The van der Waals surface area contributed by atoms with Gasteiger partial charge in [-0.05, 0) is 25.1 Å². The zero-order chi connectivity index (χ0) is 14.7. The number of urea groups is 1. The van der Waals surface area contributed by atoms with Crippen LogP contribution in [0, 0.1) is 0 Å². The Balaban J connectivity index is 1.60. The van der Waals surface area contributed by atoms with Crippen molar-refractivity contribution in [3.05, 3.63) is 17.7 Å². The lowest BCUT2D eigenvalue weighted by Gasteiger charge is -2.28. The van der Waals surface area contributed by atoms with Crippen LogP contribution in [-0.2, 0) is 6.42 Å². The maximum atomic E-state index is 12.4. The summed E-state index contributed by atoms with van der Waals surface area (Å²) in [6.07, 6.45) is 1.87. The summed E-state index contributed by atoms with van der Waals surface area (Å²) in [5.74, 6) is 0.937. The summed E-state index contributed by atoms with van der Waals surface area (Å²) in [5.41, 5.74) is 2.17. The number of nitrogens with zero attached hydrogens (tertiary/aromatic N) is 2. The molecule has 3 aliphatic rings. The molecule has 0 aliphatic carbocycles. The van der Waals surface area contributed by atoms with Crippen LogP contribution in [0.1, 0.15) is 12.0 Å². The molecule has 5 rings (SSSR count). The van der Waals surface area contributed by atoms with Gasteiger partial charge in [0.1, 0.15) is 5.75 Å². The number of amides is 2. The Labute approximate surface area is 131 Å². The molecule has 2 aromatic rings. The molecule has 2 fully saturated rings. The number of carbonyl (C=O) groups excluding carboxylic acids is 1. The molecular formula is C15H16N4O2S. The van der Waals surface area contributed by atoms with Crippen molar-refractivity contribution in [2.45, 2.75) is 24.9 Å². The Bertz CT molecular complexity index is 774. The third kappa shape index (κ3) is 1.69. The van der Waals surface area contributed by atoms with E-state index >= 15 is 0 Å². The van der Waals surface area contributed by atoms with Gasteiger partial charge in [-0.25, -0.2) is 9.78 Å². The van der Waals surface area contributed by atoms with Crippen LogP contribution in [0.25, 0.3) is 10.2 Å². The Morgan fingerprint density at radius 2 is 2.36 bits per heavy atom. The number of nitrogens with one attached hydrogen (secondary N) is 2. The lowest BCUT2D eigenvalue weighted by atomic mass is 10.0. The zero-order valence-corrected chi connectivity index (χ0v) is 12.8. The molecule has 2 atom stereocenters. The second kappa shape index (κ2) is 4.57. The molecule has 3 aliphatic heterocycles. The second-order valence-corrected chi connectivity index (χ2v) is 6.98. The molecule has 2 N–H and O–H groups in total. The maximum Gasteiger partial charge on any atom is 0.324 e. The van der Waals surface area contributed by atoms with Gasteiger partial charge in [0.05, 0.1) is 28.9 Å². The fourth-order valence-corrected chi connectivity index (χ4v) is 4.70. The lowest BCUT2D eigenvalue weighted by molar-refractivity contribution is 0.250. The Morgan fingerprint density at radius 3 is 3.32 bits per heavy atom. The minimum absolute atomic E-state index is 0.0225. The molecule has 0 unspecified atom stereocenters. The van der Waals surface area contributed by atoms with Crippen LogP contribution in [0.15, 0.2) is 12.1 Å². The SMILES string of the molecule is O=C1N[C@H]2CCNC[C@@H]2N1c1nc2c3c(ccc2s1)OCC3. The van der Waals surface area contributed by atoms with Crippen molar-refractivity contribution in [1.82, 2.24) is 15.6 Å². The largest absolute Gasteiger partial charge is 0.493 e. The van der Waals surface area contributed by atoms with E-state index in [0.29, 0.717) is 0 Å². The van der Waals surface area contributed by atoms with E-state index in [1.807, 2.05) is 17.0 Å².